The fraction of sp³-hybridized carbons (Fsp3) is 0.222. The van der Waals surface area contributed by atoms with Gasteiger partial charge in [0.1, 0.15) is 5.69 Å². The van der Waals surface area contributed by atoms with E-state index >= 15 is 0 Å². The quantitative estimate of drug-likeness (QED) is 0.303. The second-order valence-corrected chi connectivity index (χ2v) is 8.73. The summed E-state index contributed by atoms with van der Waals surface area (Å²) >= 11 is 0. The minimum Gasteiger partial charge on any atom is -0.271 e. The Morgan fingerprint density at radius 3 is 2.17 bits per heavy atom. The van der Waals surface area contributed by atoms with Crippen molar-refractivity contribution < 1.29 is 9.85 Å². The predicted molar refractivity (Wildman–Crippen MR) is 138 cm³/mol. The van der Waals surface area contributed by atoms with Gasteiger partial charge >= 0.3 is 5.69 Å². The molecular weight excluding hydrogens is 444 g/mol. The number of nitro benzene ring substituents is 2. The van der Waals surface area contributed by atoms with Crippen molar-refractivity contribution >= 4 is 28.3 Å². The largest absolute Gasteiger partial charge is 0.301 e. The summed E-state index contributed by atoms with van der Waals surface area (Å²) in [6, 6.07) is 20.4. The van der Waals surface area contributed by atoms with Crippen molar-refractivity contribution in [3.05, 3.63) is 115 Å². The highest BCUT2D eigenvalue weighted by Gasteiger charge is 2.23. The molecule has 4 rings (SSSR count). The summed E-state index contributed by atoms with van der Waals surface area (Å²) < 4.78 is 0. The van der Waals surface area contributed by atoms with Crippen molar-refractivity contribution in [2.24, 2.45) is 5.10 Å². The first-order valence-electron chi connectivity index (χ1n) is 11.4. The summed E-state index contributed by atoms with van der Waals surface area (Å²) in [5.74, 6) is 0. The van der Waals surface area contributed by atoms with E-state index in [2.05, 4.69) is 72.9 Å². The van der Waals surface area contributed by atoms with Gasteiger partial charge in [0.05, 0.1) is 21.6 Å². The first kappa shape index (κ1) is 23.8. The fourth-order valence-electron chi connectivity index (χ4n) is 4.23. The van der Waals surface area contributed by atoms with Crippen molar-refractivity contribution in [2.45, 2.75) is 39.5 Å². The van der Waals surface area contributed by atoms with E-state index in [1.807, 2.05) is 0 Å². The van der Waals surface area contributed by atoms with E-state index in [-0.39, 0.29) is 17.1 Å². The lowest BCUT2D eigenvalue weighted by molar-refractivity contribution is -0.393. The minimum absolute atomic E-state index is 0.120. The predicted octanol–water partition coefficient (Wildman–Crippen LogP) is 6.77. The molecule has 3 aromatic rings. The van der Waals surface area contributed by atoms with E-state index in [1.54, 1.807) is 0 Å². The number of non-ortho nitro benzene ring substituents is 1. The van der Waals surface area contributed by atoms with Crippen molar-refractivity contribution in [1.82, 2.24) is 0 Å². The Labute approximate surface area is 203 Å². The highest BCUT2D eigenvalue weighted by atomic mass is 16.6. The van der Waals surface area contributed by atoms with Gasteiger partial charge in [-0.2, -0.15) is 5.10 Å². The number of nitrogens with zero attached hydrogens (tertiary/aromatic N) is 3. The molecule has 0 spiro atoms. The van der Waals surface area contributed by atoms with E-state index in [4.69, 9.17) is 0 Å². The van der Waals surface area contributed by atoms with E-state index in [9.17, 15) is 20.2 Å². The second-order valence-electron chi connectivity index (χ2n) is 8.73. The molecular formula is C27H26N4O4. The number of anilines is 1. The van der Waals surface area contributed by atoms with Gasteiger partial charge in [0.15, 0.2) is 0 Å². The van der Waals surface area contributed by atoms with Crippen LogP contribution in [-0.4, -0.2) is 15.6 Å². The number of hydrogen-bond donors (Lipinski definition) is 1. The molecule has 8 nitrogen and oxygen atoms in total. The molecule has 0 bridgehead atoms. The number of rotatable bonds is 7. The van der Waals surface area contributed by atoms with Crippen LogP contribution in [0.4, 0.5) is 17.1 Å². The number of hydrazone groups is 1. The highest BCUT2D eigenvalue weighted by molar-refractivity contribution is 6.08. The molecule has 8 heteroatoms. The zero-order chi connectivity index (χ0) is 24.9. The molecule has 0 unspecified atom stereocenters. The number of aryl methyl sites for hydroxylation is 2. The van der Waals surface area contributed by atoms with Gasteiger partial charge in [-0.25, -0.2) is 0 Å². The molecule has 0 aliphatic heterocycles. The topological polar surface area (TPSA) is 111 Å². The van der Waals surface area contributed by atoms with E-state index in [0.29, 0.717) is 0 Å². The van der Waals surface area contributed by atoms with Crippen LogP contribution in [0.15, 0.2) is 77.4 Å². The highest BCUT2D eigenvalue weighted by Crippen LogP contribution is 2.34. The summed E-state index contributed by atoms with van der Waals surface area (Å²) in [5, 5.41) is 27.1. The van der Waals surface area contributed by atoms with Gasteiger partial charge in [-0.1, -0.05) is 59.7 Å². The number of nitro groups is 2. The Morgan fingerprint density at radius 1 is 0.886 bits per heavy atom. The third-order valence-electron chi connectivity index (χ3n) is 6.15. The Kier molecular flexibility index (Phi) is 7.01. The van der Waals surface area contributed by atoms with Gasteiger partial charge in [0.25, 0.3) is 5.69 Å². The Morgan fingerprint density at radius 2 is 1.54 bits per heavy atom. The molecule has 178 valence electrons. The number of hydrogen-bond acceptors (Lipinski definition) is 6. The summed E-state index contributed by atoms with van der Waals surface area (Å²) in [4.78, 5) is 21.2. The first-order valence-corrected chi connectivity index (χ1v) is 11.4. The van der Waals surface area contributed by atoms with E-state index in [1.165, 1.54) is 34.4 Å². The lowest BCUT2D eigenvalue weighted by Crippen LogP contribution is -2.05. The van der Waals surface area contributed by atoms with Crippen LogP contribution in [-0.2, 0) is 6.42 Å². The number of benzene rings is 3. The van der Waals surface area contributed by atoms with Crippen LogP contribution in [0, 0.1) is 34.1 Å². The van der Waals surface area contributed by atoms with Gasteiger partial charge in [-0.05, 0) is 67.9 Å². The molecule has 1 saturated carbocycles. The van der Waals surface area contributed by atoms with Crippen molar-refractivity contribution in [2.75, 3.05) is 5.43 Å². The van der Waals surface area contributed by atoms with Gasteiger partial charge < -0.3 is 0 Å². The molecule has 35 heavy (non-hydrogen) atoms. The van der Waals surface area contributed by atoms with Crippen molar-refractivity contribution in [3.63, 3.8) is 0 Å². The molecule has 3 aromatic carbocycles. The maximum absolute atomic E-state index is 11.5. The molecule has 0 atom stereocenters. The Balaban J connectivity index is 1.73. The average Bonchev–Trinajstić information content (AvgIpc) is 3.31. The lowest BCUT2D eigenvalue weighted by Gasteiger charge is -2.14. The molecule has 0 radical (unpaired) electrons. The van der Waals surface area contributed by atoms with Crippen LogP contribution in [0.2, 0.25) is 0 Å². The standard InChI is InChI=1S/C27H26N4O4/c1-18-6-10-20(11-7-18)16-24(21-12-8-19(2)9-13-21)23-4-3-5-25(23)28-29-26-15-14-22(30(32)33)17-27(26)31(34)35/h6-15,17,29H,3-5,16H2,1-2H3/b24-23+,28-25+. The molecule has 1 aliphatic carbocycles. The summed E-state index contributed by atoms with van der Waals surface area (Å²) in [6.07, 6.45) is 3.28. The van der Waals surface area contributed by atoms with Crippen LogP contribution in [0.3, 0.4) is 0 Å². The van der Waals surface area contributed by atoms with Crippen LogP contribution in [0.25, 0.3) is 5.57 Å². The van der Waals surface area contributed by atoms with E-state index in [0.717, 1.165) is 48.6 Å². The lowest BCUT2D eigenvalue weighted by atomic mass is 9.91. The molecule has 0 heterocycles. The van der Waals surface area contributed by atoms with Crippen LogP contribution in [0.1, 0.15) is 41.5 Å². The van der Waals surface area contributed by atoms with Crippen molar-refractivity contribution in [1.29, 1.82) is 0 Å². The Bertz CT molecular complexity index is 1330. The van der Waals surface area contributed by atoms with Gasteiger partial charge in [-0.15, -0.1) is 0 Å². The zero-order valence-electron chi connectivity index (χ0n) is 19.7. The molecule has 1 fully saturated rings. The van der Waals surface area contributed by atoms with Gasteiger partial charge in [-0.3, -0.25) is 25.7 Å². The molecule has 0 saturated heterocycles. The zero-order valence-corrected chi connectivity index (χ0v) is 19.7. The third kappa shape index (κ3) is 5.60. The fourth-order valence-corrected chi connectivity index (χ4v) is 4.23. The Hall–Kier alpha value is -4.33. The molecule has 0 aromatic heterocycles. The summed E-state index contributed by atoms with van der Waals surface area (Å²) in [7, 11) is 0. The number of allylic oxidation sites excluding steroid dienone is 2. The van der Waals surface area contributed by atoms with E-state index < -0.39 is 9.85 Å². The minimum atomic E-state index is -0.653. The summed E-state index contributed by atoms with van der Waals surface area (Å²) in [5.41, 5.74) is 10.1. The molecule has 1 N–H and O–H groups in total. The monoisotopic (exact) mass is 470 g/mol. The summed E-state index contributed by atoms with van der Waals surface area (Å²) in [6.45, 7) is 4.12. The number of nitrogens with one attached hydrogen (secondary N) is 1. The molecule has 0 amide bonds. The van der Waals surface area contributed by atoms with Crippen molar-refractivity contribution in [3.8, 4) is 0 Å². The maximum Gasteiger partial charge on any atom is 0.301 e. The van der Waals surface area contributed by atoms with Crippen LogP contribution >= 0.6 is 0 Å². The average molecular weight is 471 g/mol. The van der Waals surface area contributed by atoms with Gasteiger partial charge in [0, 0.05) is 6.07 Å². The SMILES string of the molecule is Cc1ccc(C/C(=C2/CCC/C2=N\Nc2ccc([N+](=O)[O-])cc2[N+](=O)[O-])c2ccc(C)cc2)cc1. The first-order chi connectivity index (χ1) is 16.8. The van der Waals surface area contributed by atoms with Crippen LogP contribution < -0.4 is 5.43 Å². The van der Waals surface area contributed by atoms with Gasteiger partial charge in [0.2, 0.25) is 0 Å². The normalized spacial score (nSPS) is 15.8. The second kappa shape index (κ2) is 10.3. The molecule has 1 aliphatic rings. The maximum atomic E-state index is 11.5. The third-order valence-corrected chi connectivity index (χ3v) is 6.15. The smallest absolute Gasteiger partial charge is 0.271 e. The van der Waals surface area contributed by atoms with Crippen LogP contribution in [0.5, 0.6) is 0 Å².